The van der Waals surface area contributed by atoms with Crippen molar-refractivity contribution in [3.05, 3.63) is 48.1 Å². The van der Waals surface area contributed by atoms with E-state index in [1.54, 1.807) is 0 Å². The highest BCUT2D eigenvalue weighted by atomic mass is 14.0. The SMILES string of the molecule is C/C=C/CCC(C)/C=C/C1=CCCC=C1.CC. The molecule has 0 aromatic carbocycles. The predicted octanol–water partition coefficient (Wildman–Crippen LogP) is 5.84. The normalized spacial score (nSPS) is 16.8. The van der Waals surface area contributed by atoms with Gasteiger partial charge in [0.2, 0.25) is 0 Å². The quantitative estimate of drug-likeness (QED) is 0.522. The average molecular weight is 232 g/mol. The summed E-state index contributed by atoms with van der Waals surface area (Å²) < 4.78 is 0. The average Bonchev–Trinajstić information content (AvgIpc) is 2.40. The van der Waals surface area contributed by atoms with Gasteiger partial charge in [-0.25, -0.2) is 0 Å². The molecule has 0 saturated carbocycles. The molecule has 0 heterocycles. The Morgan fingerprint density at radius 3 is 2.65 bits per heavy atom. The van der Waals surface area contributed by atoms with Crippen molar-refractivity contribution >= 4 is 0 Å². The van der Waals surface area contributed by atoms with E-state index in [2.05, 4.69) is 56.4 Å². The van der Waals surface area contributed by atoms with E-state index in [4.69, 9.17) is 0 Å². The third kappa shape index (κ3) is 8.74. The molecule has 0 aliphatic heterocycles. The molecule has 0 aromatic rings. The summed E-state index contributed by atoms with van der Waals surface area (Å²) in [6, 6.07) is 0. The van der Waals surface area contributed by atoms with Crippen LogP contribution in [0.2, 0.25) is 0 Å². The van der Waals surface area contributed by atoms with Gasteiger partial charge in [-0.2, -0.15) is 0 Å². The first-order valence-corrected chi connectivity index (χ1v) is 6.99. The van der Waals surface area contributed by atoms with Crippen LogP contribution in [0.25, 0.3) is 0 Å². The van der Waals surface area contributed by atoms with Crippen molar-refractivity contribution in [3.8, 4) is 0 Å². The van der Waals surface area contributed by atoms with Gasteiger partial charge in [0.25, 0.3) is 0 Å². The molecular weight excluding hydrogens is 204 g/mol. The Labute approximate surface area is 108 Å². The Morgan fingerprint density at radius 2 is 2.06 bits per heavy atom. The van der Waals surface area contributed by atoms with Gasteiger partial charge in [0.15, 0.2) is 0 Å². The molecular formula is C17H28. The van der Waals surface area contributed by atoms with E-state index >= 15 is 0 Å². The first-order chi connectivity index (χ1) is 8.33. The summed E-state index contributed by atoms with van der Waals surface area (Å²) in [4.78, 5) is 0. The summed E-state index contributed by atoms with van der Waals surface area (Å²) in [5, 5.41) is 0. The highest BCUT2D eigenvalue weighted by molar-refractivity contribution is 5.32. The topological polar surface area (TPSA) is 0 Å². The molecule has 1 aliphatic rings. The van der Waals surface area contributed by atoms with E-state index in [0.29, 0.717) is 5.92 Å². The van der Waals surface area contributed by atoms with Crippen molar-refractivity contribution < 1.29 is 0 Å². The standard InChI is InChI=1S/C15H22.C2H6/c1-3-4-6-9-14(2)12-13-15-10-7-5-8-11-15;1-2/h3-4,7,10-14H,5-6,8-9H2,1-2H3;1-2H3/b4-3+,13-12+;. The van der Waals surface area contributed by atoms with Crippen molar-refractivity contribution in [2.24, 2.45) is 5.92 Å². The Bertz CT molecular complexity index is 276. The molecule has 0 heteroatoms. The van der Waals surface area contributed by atoms with Crippen LogP contribution in [0.5, 0.6) is 0 Å². The van der Waals surface area contributed by atoms with Crippen LogP contribution in [0.4, 0.5) is 0 Å². The van der Waals surface area contributed by atoms with Crippen LogP contribution in [-0.2, 0) is 0 Å². The van der Waals surface area contributed by atoms with Gasteiger partial charge >= 0.3 is 0 Å². The fourth-order valence-electron chi connectivity index (χ4n) is 1.65. The lowest BCUT2D eigenvalue weighted by Crippen LogP contribution is -1.89. The fourth-order valence-corrected chi connectivity index (χ4v) is 1.65. The number of hydrogen-bond donors (Lipinski definition) is 0. The van der Waals surface area contributed by atoms with E-state index in [0.717, 1.165) is 0 Å². The second-order valence-electron chi connectivity index (χ2n) is 4.17. The summed E-state index contributed by atoms with van der Waals surface area (Å²) in [6.45, 7) is 8.37. The Kier molecular flexibility index (Phi) is 10.7. The van der Waals surface area contributed by atoms with Gasteiger partial charge in [-0.05, 0) is 44.1 Å². The van der Waals surface area contributed by atoms with E-state index in [-0.39, 0.29) is 0 Å². The largest absolute Gasteiger partial charge is 0.0917 e. The molecule has 0 spiro atoms. The number of allylic oxidation sites excluding steroid dienone is 8. The minimum atomic E-state index is 0.678. The molecule has 1 rings (SSSR count). The minimum absolute atomic E-state index is 0.678. The molecule has 1 aliphatic carbocycles. The third-order valence-corrected chi connectivity index (χ3v) is 2.67. The number of hydrogen-bond acceptors (Lipinski definition) is 0. The molecule has 1 atom stereocenters. The zero-order valence-corrected chi connectivity index (χ0v) is 11.9. The monoisotopic (exact) mass is 232 g/mol. The Morgan fingerprint density at radius 1 is 1.29 bits per heavy atom. The molecule has 0 fully saturated rings. The molecule has 0 saturated heterocycles. The van der Waals surface area contributed by atoms with E-state index in [1.807, 2.05) is 13.8 Å². The maximum atomic E-state index is 2.32. The summed E-state index contributed by atoms with van der Waals surface area (Å²) in [6.07, 6.45) is 20.6. The van der Waals surface area contributed by atoms with Crippen LogP contribution in [0, 0.1) is 5.92 Å². The number of rotatable bonds is 5. The van der Waals surface area contributed by atoms with Crippen LogP contribution in [-0.4, -0.2) is 0 Å². The summed E-state index contributed by atoms with van der Waals surface area (Å²) in [5.74, 6) is 0.678. The molecule has 96 valence electrons. The maximum Gasteiger partial charge on any atom is -0.0256 e. The lowest BCUT2D eigenvalue weighted by Gasteiger charge is -2.05. The molecule has 0 N–H and O–H groups in total. The second kappa shape index (κ2) is 11.4. The molecule has 17 heavy (non-hydrogen) atoms. The van der Waals surface area contributed by atoms with Crippen molar-refractivity contribution in [3.63, 3.8) is 0 Å². The fraction of sp³-hybridized carbons (Fsp3) is 0.529. The van der Waals surface area contributed by atoms with E-state index < -0.39 is 0 Å². The van der Waals surface area contributed by atoms with Gasteiger partial charge in [0, 0.05) is 0 Å². The molecule has 0 aromatic heterocycles. The molecule has 0 bridgehead atoms. The van der Waals surface area contributed by atoms with Gasteiger partial charge in [0.1, 0.15) is 0 Å². The van der Waals surface area contributed by atoms with E-state index in [1.165, 1.54) is 31.3 Å². The van der Waals surface area contributed by atoms with Crippen LogP contribution in [0.1, 0.15) is 53.4 Å². The van der Waals surface area contributed by atoms with Gasteiger partial charge in [0.05, 0.1) is 0 Å². The third-order valence-electron chi connectivity index (χ3n) is 2.67. The molecule has 0 radical (unpaired) electrons. The predicted molar refractivity (Wildman–Crippen MR) is 80.2 cm³/mol. The van der Waals surface area contributed by atoms with Gasteiger partial charge < -0.3 is 0 Å². The van der Waals surface area contributed by atoms with Crippen molar-refractivity contribution in [1.29, 1.82) is 0 Å². The lowest BCUT2D eigenvalue weighted by molar-refractivity contribution is 0.657. The minimum Gasteiger partial charge on any atom is -0.0917 e. The van der Waals surface area contributed by atoms with E-state index in [9.17, 15) is 0 Å². The summed E-state index contributed by atoms with van der Waals surface area (Å²) in [7, 11) is 0. The van der Waals surface area contributed by atoms with Crippen molar-refractivity contribution in [2.45, 2.75) is 53.4 Å². The molecule has 0 nitrogen and oxygen atoms in total. The summed E-state index contributed by atoms with van der Waals surface area (Å²) in [5.41, 5.74) is 1.37. The smallest absolute Gasteiger partial charge is 0.0256 e. The first-order valence-electron chi connectivity index (χ1n) is 6.99. The van der Waals surface area contributed by atoms with Crippen LogP contribution in [0.15, 0.2) is 48.1 Å². The van der Waals surface area contributed by atoms with Gasteiger partial charge in [-0.1, -0.05) is 63.3 Å². The van der Waals surface area contributed by atoms with Crippen LogP contribution < -0.4 is 0 Å². The van der Waals surface area contributed by atoms with Gasteiger partial charge in [-0.3, -0.25) is 0 Å². The lowest BCUT2D eigenvalue weighted by atomic mass is 10.0. The Hall–Kier alpha value is -1.04. The van der Waals surface area contributed by atoms with Crippen molar-refractivity contribution in [2.75, 3.05) is 0 Å². The Balaban J connectivity index is 0.00000121. The summed E-state index contributed by atoms with van der Waals surface area (Å²) >= 11 is 0. The maximum absolute atomic E-state index is 2.32. The first kappa shape index (κ1) is 16.0. The highest BCUT2D eigenvalue weighted by Crippen LogP contribution is 2.14. The van der Waals surface area contributed by atoms with Gasteiger partial charge in [-0.15, -0.1) is 0 Å². The van der Waals surface area contributed by atoms with Crippen LogP contribution >= 0.6 is 0 Å². The molecule has 0 amide bonds. The zero-order chi connectivity index (χ0) is 12.9. The zero-order valence-electron chi connectivity index (χ0n) is 11.9. The highest BCUT2D eigenvalue weighted by Gasteiger charge is 1.96. The van der Waals surface area contributed by atoms with Crippen LogP contribution in [0.3, 0.4) is 0 Å². The molecule has 1 unspecified atom stereocenters. The second-order valence-corrected chi connectivity index (χ2v) is 4.17. The van der Waals surface area contributed by atoms with Crippen molar-refractivity contribution in [1.82, 2.24) is 0 Å².